The molecule has 1 N–H and O–H groups in total. The molecule has 0 radical (unpaired) electrons. The zero-order valence-electron chi connectivity index (χ0n) is 17.5. The molecule has 6 heteroatoms. The Kier molecular flexibility index (Phi) is 6.46. The molecule has 0 saturated carbocycles. The Labute approximate surface area is 182 Å². The number of likely N-dealkylation sites (tertiary alicyclic amines) is 1. The van der Waals surface area contributed by atoms with Crippen LogP contribution in [0.25, 0.3) is 6.08 Å². The molecule has 2 aliphatic rings. The Morgan fingerprint density at radius 1 is 0.935 bits per heavy atom. The van der Waals surface area contributed by atoms with E-state index in [4.69, 9.17) is 0 Å². The number of benzene rings is 2. The van der Waals surface area contributed by atoms with Crippen LogP contribution >= 0.6 is 0 Å². The maximum absolute atomic E-state index is 12.5. The van der Waals surface area contributed by atoms with Crippen LogP contribution in [-0.2, 0) is 14.4 Å². The lowest BCUT2D eigenvalue weighted by Crippen LogP contribution is -2.40. The molecule has 6 nitrogen and oxygen atoms in total. The molecular formula is C25H27N3O3. The van der Waals surface area contributed by atoms with E-state index in [0.717, 1.165) is 29.9 Å². The van der Waals surface area contributed by atoms with Crippen molar-refractivity contribution in [3.05, 3.63) is 66.2 Å². The van der Waals surface area contributed by atoms with E-state index in [1.165, 1.54) is 0 Å². The highest BCUT2D eigenvalue weighted by Crippen LogP contribution is 2.23. The first-order chi connectivity index (χ1) is 15.1. The van der Waals surface area contributed by atoms with Crippen molar-refractivity contribution in [2.24, 2.45) is 5.92 Å². The zero-order valence-corrected chi connectivity index (χ0v) is 17.5. The monoisotopic (exact) mass is 417 g/mol. The molecule has 0 unspecified atom stereocenters. The van der Waals surface area contributed by atoms with E-state index in [-0.39, 0.29) is 23.6 Å². The number of nitrogens with one attached hydrogen (secondary N) is 1. The Morgan fingerprint density at radius 3 is 2.29 bits per heavy atom. The van der Waals surface area contributed by atoms with Gasteiger partial charge in [0.2, 0.25) is 17.7 Å². The number of anilines is 2. The first kappa shape index (κ1) is 20.8. The quantitative estimate of drug-likeness (QED) is 0.754. The van der Waals surface area contributed by atoms with Crippen molar-refractivity contribution in [3.8, 4) is 0 Å². The van der Waals surface area contributed by atoms with Crippen molar-refractivity contribution < 1.29 is 14.4 Å². The molecule has 2 heterocycles. The fourth-order valence-electron chi connectivity index (χ4n) is 4.09. The lowest BCUT2D eigenvalue weighted by atomic mass is 9.95. The van der Waals surface area contributed by atoms with Crippen LogP contribution in [0.1, 0.15) is 31.2 Å². The number of piperidine rings is 1. The summed E-state index contributed by atoms with van der Waals surface area (Å²) in [5.41, 5.74) is 2.62. The highest BCUT2D eigenvalue weighted by molar-refractivity contribution is 5.96. The highest BCUT2D eigenvalue weighted by atomic mass is 16.2. The number of amides is 3. The first-order valence-corrected chi connectivity index (χ1v) is 10.8. The minimum Gasteiger partial charge on any atom is -0.339 e. The summed E-state index contributed by atoms with van der Waals surface area (Å²) >= 11 is 0. The minimum absolute atomic E-state index is 0.0189. The molecule has 160 valence electrons. The van der Waals surface area contributed by atoms with Crippen LogP contribution in [0, 0.1) is 5.92 Å². The molecule has 0 aliphatic carbocycles. The third-order valence-electron chi connectivity index (χ3n) is 5.92. The number of hydrogen-bond donors (Lipinski definition) is 1. The van der Waals surface area contributed by atoms with Crippen LogP contribution in [0.3, 0.4) is 0 Å². The molecular weight excluding hydrogens is 390 g/mol. The van der Waals surface area contributed by atoms with Gasteiger partial charge in [-0.2, -0.15) is 0 Å². The molecule has 0 bridgehead atoms. The van der Waals surface area contributed by atoms with Crippen molar-refractivity contribution in [2.45, 2.75) is 25.7 Å². The van der Waals surface area contributed by atoms with E-state index < -0.39 is 0 Å². The van der Waals surface area contributed by atoms with E-state index in [2.05, 4.69) is 5.32 Å². The normalized spacial score (nSPS) is 17.4. The number of carbonyl (C=O) groups is 3. The van der Waals surface area contributed by atoms with Crippen LogP contribution in [0.4, 0.5) is 11.4 Å². The first-order valence-electron chi connectivity index (χ1n) is 10.8. The van der Waals surface area contributed by atoms with E-state index in [0.29, 0.717) is 32.4 Å². The maximum Gasteiger partial charge on any atom is 0.246 e. The zero-order chi connectivity index (χ0) is 21.6. The summed E-state index contributed by atoms with van der Waals surface area (Å²) in [4.78, 5) is 40.4. The number of carbonyl (C=O) groups excluding carboxylic acids is 3. The summed E-state index contributed by atoms with van der Waals surface area (Å²) in [6, 6.07) is 17.1. The predicted octanol–water partition coefficient (Wildman–Crippen LogP) is 3.70. The number of hydrogen-bond acceptors (Lipinski definition) is 3. The molecule has 31 heavy (non-hydrogen) atoms. The SMILES string of the molecule is O=C(Nc1ccccc1)C1CCN(C(=O)/C=C/c2ccc(N3CCCC3=O)cc2)CC1. The van der Waals surface area contributed by atoms with Crippen molar-refractivity contribution in [1.29, 1.82) is 0 Å². The summed E-state index contributed by atoms with van der Waals surface area (Å²) in [5, 5.41) is 2.95. The van der Waals surface area contributed by atoms with Crippen molar-refractivity contribution in [3.63, 3.8) is 0 Å². The third-order valence-corrected chi connectivity index (χ3v) is 5.92. The van der Waals surface area contributed by atoms with Gasteiger partial charge in [0.25, 0.3) is 0 Å². The van der Waals surface area contributed by atoms with Gasteiger partial charge in [0.1, 0.15) is 0 Å². The molecule has 0 atom stereocenters. The number of rotatable bonds is 5. The van der Waals surface area contributed by atoms with Crippen LogP contribution < -0.4 is 10.2 Å². The van der Waals surface area contributed by atoms with Gasteiger partial charge in [0.15, 0.2) is 0 Å². The van der Waals surface area contributed by atoms with Gasteiger partial charge in [-0.3, -0.25) is 14.4 Å². The molecule has 0 spiro atoms. The Balaban J connectivity index is 1.26. The Hall–Kier alpha value is -3.41. The highest BCUT2D eigenvalue weighted by Gasteiger charge is 2.26. The van der Waals surface area contributed by atoms with Crippen LogP contribution in [0.15, 0.2) is 60.7 Å². The molecule has 2 saturated heterocycles. The molecule has 4 rings (SSSR count). The van der Waals surface area contributed by atoms with Crippen LogP contribution in [-0.4, -0.2) is 42.3 Å². The largest absolute Gasteiger partial charge is 0.339 e. The van der Waals surface area contributed by atoms with Gasteiger partial charge in [-0.1, -0.05) is 30.3 Å². The molecule has 2 aromatic rings. The summed E-state index contributed by atoms with van der Waals surface area (Å²) < 4.78 is 0. The van der Waals surface area contributed by atoms with Gasteiger partial charge in [0.05, 0.1) is 0 Å². The van der Waals surface area contributed by atoms with Gasteiger partial charge in [0, 0.05) is 49.4 Å². The second-order valence-electron chi connectivity index (χ2n) is 8.03. The van der Waals surface area contributed by atoms with E-state index >= 15 is 0 Å². The van der Waals surface area contributed by atoms with Crippen LogP contribution in [0.5, 0.6) is 0 Å². The lowest BCUT2D eigenvalue weighted by molar-refractivity contribution is -0.130. The lowest BCUT2D eigenvalue weighted by Gasteiger charge is -2.30. The molecule has 2 aliphatic heterocycles. The Bertz CT molecular complexity index is 961. The van der Waals surface area contributed by atoms with E-state index in [1.807, 2.05) is 54.6 Å². The molecule has 3 amide bonds. The van der Waals surface area contributed by atoms with Gasteiger partial charge in [-0.05, 0) is 55.2 Å². The topological polar surface area (TPSA) is 69.7 Å². The summed E-state index contributed by atoms with van der Waals surface area (Å²) in [6.07, 6.45) is 6.22. The molecule has 2 aromatic carbocycles. The van der Waals surface area contributed by atoms with Gasteiger partial charge in [-0.25, -0.2) is 0 Å². The van der Waals surface area contributed by atoms with Crippen LogP contribution in [0.2, 0.25) is 0 Å². The third kappa shape index (κ3) is 5.20. The minimum atomic E-state index is -0.0749. The van der Waals surface area contributed by atoms with Gasteiger partial charge < -0.3 is 15.1 Å². The van der Waals surface area contributed by atoms with Crippen molar-refractivity contribution >= 4 is 35.2 Å². The van der Waals surface area contributed by atoms with Crippen molar-refractivity contribution in [1.82, 2.24) is 4.90 Å². The second kappa shape index (κ2) is 9.60. The average Bonchev–Trinajstić information content (AvgIpc) is 3.24. The second-order valence-corrected chi connectivity index (χ2v) is 8.03. The van der Waals surface area contributed by atoms with Crippen molar-refractivity contribution in [2.75, 3.05) is 29.9 Å². The standard InChI is InChI=1S/C25H27N3O3/c29-23(13-10-19-8-11-22(12-9-19)28-16-4-7-24(28)30)27-17-14-20(15-18-27)25(31)26-21-5-2-1-3-6-21/h1-3,5-6,8-13,20H,4,7,14-18H2,(H,26,31)/b13-10+. The Morgan fingerprint density at radius 2 is 1.65 bits per heavy atom. The fourth-order valence-corrected chi connectivity index (χ4v) is 4.09. The fraction of sp³-hybridized carbons (Fsp3) is 0.320. The summed E-state index contributed by atoms with van der Waals surface area (Å²) in [7, 11) is 0. The van der Waals surface area contributed by atoms with E-state index in [9.17, 15) is 14.4 Å². The summed E-state index contributed by atoms with van der Waals surface area (Å²) in [6.45, 7) is 1.92. The summed E-state index contributed by atoms with van der Waals surface area (Å²) in [5.74, 6) is 0.0690. The molecule has 0 aromatic heterocycles. The predicted molar refractivity (Wildman–Crippen MR) is 121 cm³/mol. The molecule has 2 fully saturated rings. The van der Waals surface area contributed by atoms with Gasteiger partial charge >= 0.3 is 0 Å². The average molecular weight is 418 g/mol. The number of para-hydroxylation sites is 1. The number of nitrogens with zero attached hydrogens (tertiary/aromatic N) is 2. The maximum atomic E-state index is 12.5. The van der Waals surface area contributed by atoms with Gasteiger partial charge in [-0.15, -0.1) is 0 Å². The van der Waals surface area contributed by atoms with E-state index in [1.54, 1.807) is 22.0 Å². The smallest absolute Gasteiger partial charge is 0.246 e.